The van der Waals surface area contributed by atoms with Gasteiger partial charge in [-0.1, -0.05) is 25.5 Å². The van der Waals surface area contributed by atoms with Gasteiger partial charge in [0.25, 0.3) is 5.91 Å². The van der Waals surface area contributed by atoms with Gasteiger partial charge in [-0.25, -0.2) is 0 Å². The molecule has 0 aliphatic carbocycles. The molecule has 0 aliphatic heterocycles. The molecule has 5 nitrogen and oxygen atoms in total. The summed E-state index contributed by atoms with van der Waals surface area (Å²) in [5.74, 6) is -0.471. The van der Waals surface area contributed by atoms with Gasteiger partial charge < -0.3 is 15.2 Å². The zero-order valence-electron chi connectivity index (χ0n) is 11.9. The molecular weight excluding hydrogens is 258 g/mol. The molecule has 0 heterocycles. The summed E-state index contributed by atoms with van der Waals surface area (Å²) in [6.45, 7) is 3.99. The molecule has 0 fully saturated rings. The molecule has 1 aromatic rings. The summed E-state index contributed by atoms with van der Waals surface area (Å²) in [6.07, 6.45) is 1.94. The van der Waals surface area contributed by atoms with E-state index in [9.17, 15) is 9.59 Å². The van der Waals surface area contributed by atoms with Crippen LogP contribution >= 0.6 is 0 Å². The molecule has 2 N–H and O–H groups in total. The van der Waals surface area contributed by atoms with Gasteiger partial charge in [-0.05, 0) is 31.0 Å². The lowest BCUT2D eigenvalue weighted by Crippen LogP contribution is -2.35. The third kappa shape index (κ3) is 6.22. The van der Waals surface area contributed by atoms with E-state index in [2.05, 4.69) is 12.2 Å². The number of ether oxygens (including phenoxy) is 1. The second-order valence-corrected chi connectivity index (χ2v) is 4.76. The van der Waals surface area contributed by atoms with Crippen molar-refractivity contribution in [1.29, 1.82) is 0 Å². The van der Waals surface area contributed by atoms with Crippen LogP contribution in [-0.2, 0) is 16.0 Å². The smallest absolute Gasteiger partial charge is 0.307 e. The van der Waals surface area contributed by atoms with Crippen LogP contribution in [0.4, 0.5) is 0 Å². The first-order valence-electron chi connectivity index (χ1n) is 6.74. The zero-order valence-corrected chi connectivity index (χ0v) is 11.9. The van der Waals surface area contributed by atoms with E-state index in [0.29, 0.717) is 11.3 Å². The Morgan fingerprint density at radius 1 is 1.30 bits per heavy atom. The molecule has 0 aromatic heterocycles. The Labute approximate surface area is 118 Å². The number of carboxylic acids is 1. The van der Waals surface area contributed by atoms with E-state index in [4.69, 9.17) is 9.84 Å². The van der Waals surface area contributed by atoms with E-state index in [1.165, 1.54) is 0 Å². The van der Waals surface area contributed by atoms with Crippen molar-refractivity contribution < 1.29 is 19.4 Å². The summed E-state index contributed by atoms with van der Waals surface area (Å²) in [5.41, 5.74) is 0.700. The van der Waals surface area contributed by atoms with Crippen molar-refractivity contribution in [3.63, 3.8) is 0 Å². The lowest BCUT2D eigenvalue weighted by atomic mass is 10.1. The van der Waals surface area contributed by atoms with Gasteiger partial charge in [-0.15, -0.1) is 0 Å². The lowest BCUT2D eigenvalue weighted by Gasteiger charge is -2.13. The Bertz CT molecular complexity index is 442. The van der Waals surface area contributed by atoms with Crippen molar-refractivity contribution in [3.8, 4) is 5.75 Å². The van der Waals surface area contributed by atoms with Crippen molar-refractivity contribution in [2.75, 3.05) is 6.61 Å². The predicted octanol–water partition coefficient (Wildman–Crippen LogP) is 2.00. The number of carboxylic acid groups (broad SMARTS) is 1. The highest BCUT2D eigenvalue weighted by Gasteiger charge is 2.07. The van der Waals surface area contributed by atoms with E-state index in [1.54, 1.807) is 24.3 Å². The Morgan fingerprint density at radius 3 is 2.50 bits per heavy atom. The summed E-state index contributed by atoms with van der Waals surface area (Å²) in [6, 6.07) is 6.85. The number of hydrogen-bond donors (Lipinski definition) is 2. The summed E-state index contributed by atoms with van der Waals surface area (Å²) < 4.78 is 5.35. The minimum Gasteiger partial charge on any atom is -0.484 e. The van der Waals surface area contributed by atoms with Gasteiger partial charge >= 0.3 is 5.97 Å². The fourth-order valence-electron chi connectivity index (χ4n) is 1.85. The first kappa shape index (κ1) is 16.0. The molecule has 0 saturated heterocycles. The zero-order chi connectivity index (χ0) is 15.0. The van der Waals surface area contributed by atoms with E-state index in [0.717, 1.165) is 12.8 Å². The molecule has 1 aromatic carbocycles. The topological polar surface area (TPSA) is 75.6 Å². The Balaban J connectivity index is 2.38. The number of benzene rings is 1. The third-order valence-corrected chi connectivity index (χ3v) is 2.78. The minimum atomic E-state index is -0.872. The number of aliphatic carboxylic acids is 1. The van der Waals surface area contributed by atoms with Crippen LogP contribution in [0.5, 0.6) is 5.75 Å². The maximum atomic E-state index is 11.6. The van der Waals surface area contributed by atoms with Crippen molar-refractivity contribution in [2.45, 2.75) is 39.2 Å². The molecule has 1 rings (SSSR count). The molecule has 0 radical (unpaired) electrons. The minimum absolute atomic E-state index is 0.0186. The standard InChI is InChI=1S/C15H21NO4/c1-3-4-11(2)16-14(17)10-20-13-7-5-12(6-8-13)9-15(18)19/h5-8,11H,3-4,9-10H2,1-2H3,(H,16,17)(H,18,19). The quantitative estimate of drug-likeness (QED) is 0.763. The van der Waals surface area contributed by atoms with Gasteiger partial charge in [0.05, 0.1) is 6.42 Å². The van der Waals surface area contributed by atoms with Gasteiger partial charge in [0, 0.05) is 6.04 Å². The largest absolute Gasteiger partial charge is 0.484 e. The Hall–Kier alpha value is -2.04. The lowest BCUT2D eigenvalue weighted by molar-refractivity contribution is -0.136. The maximum absolute atomic E-state index is 11.6. The first-order chi connectivity index (χ1) is 9.51. The van der Waals surface area contributed by atoms with Gasteiger partial charge in [0.15, 0.2) is 6.61 Å². The molecule has 0 bridgehead atoms. The molecular formula is C15H21NO4. The van der Waals surface area contributed by atoms with Gasteiger partial charge in [0.1, 0.15) is 5.75 Å². The van der Waals surface area contributed by atoms with Crippen LogP contribution in [-0.4, -0.2) is 29.6 Å². The number of carbonyl (C=O) groups is 2. The van der Waals surface area contributed by atoms with Crippen LogP contribution in [0.1, 0.15) is 32.3 Å². The molecule has 1 unspecified atom stereocenters. The normalized spacial score (nSPS) is 11.7. The average Bonchev–Trinajstić information content (AvgIpc) is 2.37. The van der Waals surface area contributed by atoms with Gasteiger partial charge in [-0.3, -0.25) is 9.59 Å². The number of carbonyl (C=O) groups excluding carboxylic acids is 1. The molecule has 5 heteroatoms. The SMILES string of the molecule is CCCC(C)NC(=O)COc1ccc(CC(=O)O)cc1. The highest BCUT2D eigenvalue weighted by atomic mass is 16.5. The Kier molecular flexibility index (Phi) is 6.56. The monoisotopic (exact) mass is 279 g/mol. The molecule has 110 valence electrons. The van der Waals surface area contributed by atoms with E-state index in [-0.39, 0.29) is 25.0 Å². The molecule has 0 aliphatic rings. The molecule has 0 spiro atoms. The second kappa shape index (κ2) is 8.19. The molecule has 20 heavy (non-hydrogen) atoms. The highest BCUT2D eigenvalue weighted by Crippen LogP contribution is 2.12. The summed E-state index contributed by atoms with van der Waals surface area (Å²) in [7, 11) is 0. The van der Waals surface area contributed by atoms with Crippen molar-refractivity contribution in [2.24, 2.45) is 0 Å². The molecule has 1 atom stereocenters. The van der Waals surface area contributed by atoms with Crippen LogP contribution in [0.15, 0.2) is 24.3 Å². The van der Waals surface area contributed by atoms with Crippen LogP contribution in [0.25, 0.3) is 0 Å². The molecule has 1 amide bonds. The van der Waals surface area contributed by atoms with Crippen LogP contribution in [0.2, 0.25) is 0 Å². The highest BCUT2D eigenvalue weighted by molar-refractivity contribution is 5.77. The van der Waals surface area contributed by atoms with E-state index in [1.807, 2.05) is 6.92 Å². The summed E-state index contributed by atoms with van der Waals surface area (Å²) in [5, 5.41) is 11.5. The van der Waals surface area contributed by atoms with Gasteiger partial charge in [0.2, 0.25) is 0 Å². The number of hydrogen-bond acceptors (Lipinski definition) is 3. The Morgan fingerprint density at radius 2 is 1.95 bits per heavy atom. The second-order valence-electron chi connectivity index (χ2n) is 4.76. The van der Waals surface area contributed by atoms with E-state index >= 15 is 0 Å². The molecule has 0 saturated carbocycles. The van der Waals surface area contributed by atoms with Crippen molar-refractivity contribution in [3.05, 3.63) is 29.8 Å². The van der Waals surface area contributed by atoms with Crippen LogP contribution < -0.4 is 10.1 Å². The van der Waals surface area contributed by atoms with Crippen molar-refractivity contribution >= 4 is 11.9 Å². The maximum Gasteiger partial charge on any atom is 0.307 e. The predicted molar refractivity (Wildman–Crippen MR) is 75.8 cm³/mol. The van der Waals surface area contributed by atoms with Crippen LogP contribution in [0, 0.1) is 0 Å². The third-order valence-electron chi connectivity index (χ3n) is 2.78. The summed E-state index contributed by atoms with van der Waals surface area (Å²) >= 11 is 0. The number of rotatable bonds is 8. The number of amides is 1. The van der Waals surface area contributed by atoms with Gasteiger partial charge in [-0.2, -0.15) is 0 Å². The number of nitrogens with one attached hydrogen (secondary N) is 1. The fraction of sp³-hybridized carbons (Fsp3) is 0.467. The van der Waals surface area contributed by atoms with E-state index < -0.39 is 5.97 Å². The first-order valence-corrected chi connectivity index (χ1v) is 6.74. The average molecular weight is 279 g/mol. The van der Waals surface area contributed by atoms with Crippen LogP contribution in [0.3, 0.4) is 0 Å². The summed E-state index contributed by atoms with van der Waals surface area (Å²) in [4.78, 5) is 22.1. The fourth-order valence-corrected chi connectivity index (χ4v) is 1.85. The van der Waals surface area contributed by atoms with Crippen molar-refractivity contribution in [1.82, 2.24) is 5.32 Å².